The number of benzene rings is 2. The van der Waals surface area contributed by atoms with Crippen LogP contribution in [0.4, 0.5) is 0 Å². The van der Waals surface area contributed by atoms with E-state index in [2.05, 4.69) is 5.32 Å². The molecule has 28 heavy (non-hydrogen) atoms. The molecule has 5 nitrogen and oxygen atoms in total. The van der Waals surface area contributed by atoms with E-state index in [0.29, 0.717) is 18.7 Å². The van der Waals surface area contributed by atoms with Crippen molar-refractivity contribution in [1.29, 1.82) is 0 Å². The number of aryl methyl sites for hydroxylation is 1. The molecule has 0 saturated carbocycles. The third-order valence-electron chi connectivity index (χ3n) is 4.84. The van der Waals surface area contributed by atoms with Crippen molar-refractivity contribution in [3.8, 4) is 0 Å². The number of rotatable bonds is 8. The molecule has 0 radical (unpaired) electrons. The fraction of sp³-hybridized carbons (Fsp3) is 0.391. The molecule has 5 heteroatoms. The van der Waals surface area contributed by atoms with Crippen molar-refractivity contribution in [2.75, 3.05) is 20.1 Å². The van der Waals surface area contributed by atoms with Gasteiger partial charge in [0.05, 0.1) is 12.5 Å². The van der Waals surface area contributed by atoms with Gasteiger partial charge in [0.2, 0.25) is 5.91 Å². The number of nitrogens with zero attached hydrogens (tertiary/aromatic N) is 1. The summed E-state index contributed by atoms with van der Waals surface area (Å²) in [7, 11) is 1.78. The number of carbonyl (C=O) groups excluding carboxylic acids is 2. The summed E-state index contributed by atoms with van der Waals surface area (Å²) in [5, 5.41) is 3.02. The van der Waals surface area contributed by atoms with E-state index in [4.69, 9.17) is 5.73 Å². The monoisotopic (exact) mass is 381 g/mol. The molecule has 1 unspecified atom stereocenters. The molecule has 2 aromatic rings. The number of hydrogen-bond acceptors (Lipinski definition) is 3. The fourth-order valence-electron chi connectivity index (χ4n) is 3.01. The Balaban J connectivity index is 2.15. The standard InChI is InChI=1S/C23H31N3O2/c1-17-10-12-19(13-11-17)22(28)25-20(18-8-6-5-7-9-18)14-21(27)26(4)16-23(2,3)15-24/h5-13,20H,14-16,24H2,1-4H3,(H,25,28). The van der Waals surface area contributed by atoms with E-state index in [9.17, 15) is 9.59 Å². The van der Waals surface area contributed by atoms with Crippen molar-refractivity contribution in [3.63, 3.8) is 0 Å². The van der Waals surface area contributed by atoms with Gasteiger partial charge in [-0.2, -0.15) is 0 Å². The van der Waals surface area contributed by atoms with Gasteiger partial charge in [-0.05, 0) is 36.6 Å². The van der Waals surface area contributed by atoms with E-state index in [1.807, 2.05) is 63.2 Å². The van der Waals surface area contributed by atoms with E-state index in [1.54, 1.807) is 24.1 Å². The predicted octanol–water partition coefficient (Wildman–Crippen LogP) is 3.30. The van der Waals surface area contributed by atoms with Crippen LogP contribution in [0.25, 0.3) is 0 Å². The first-order valence-corrected chi connectivity index (χ1v) is 9.58. The minimum Gasteiger partial charge on any atom is -0.345 e. The summed E-state index contributed by atoms with van der Waals surface area (Å²) in [6, 6.07) is 16.6. The maximum absolute atomic E-state index is 12.8. The lowest BCUT2D eigenvalue weighted by molar-refractivity contribution is -0.131. The van der Waals surface area contributed by atoms with E-state index < -0.39 is 6.04 Å². The summed E-state index contributed by atoms with van der Waals surface area (Å²) < 4.78 is 0. The van der Waals surface area contributed by atoms with Crippen LogP contribution in [0.1, 0.15) is 47.8 Å². The van der Waals surface area contributed by atoms with Crippen molar-refractivity contribution in [3.05, 3.63) is 71.3 Å². The lowest BCUT2D eigenvalue weighted by Gasteiger charge is -2.30. The third-order valence-corrected chi connectivity index (χ3v) is 4.84. The molecule has 0 fully saturated rings. The van der Waals surface area contributed by atoms with Crippen LogP contribution in [0.3, 0.4) is 0 Å². The third kappa shape index (κ3) is 6.20. The molecule has 0 aliphatic heterocycles. The first-order valence-electron chi connectivity index (χ1n) is 9.58. The van der Waals surface area contributed by atoms with Crippen molar-refractivity contribution in [2.24, 2.45) is 11.1 Å². The molecule has 2 rings (SSSR count). The lowest BCUT2D eigenvalue weighted by atomic mass is 9.93. The van der Waals surface area contributed by atoms with Gasteiger partial charge in [-0.3, -0.25) is 9.59 Å². The van der Waals surface area contributed by atoms with E-state index >= 15 is 0 Å². The summed E-state index contributed by atoms with van der Waals surface area (Å²) >= 11 is 0. The first-order chi connectivity index (χ1) is 13.2. The molecular weight excluding hydrogens is 350 g/mol. The molecule has 0 spiro atoms. The normalized spacial score (nSPS) is 12.3. The van der Waals surface area contributed by atoms with Crippen LogP contribution < -0.4 is 11.1 Å². The summed E-state index contributed by atoms with van der Waals surface area (Å²) in [5.74, 6) is -0.217. The van der Waals surface area contributed by atoms with Gasteiger partial charge in [-0.15, -0.1) is 0 Å². The Morgan fingerprint density at radius 3 is 2.25 bits per heavy atom. The molecular formula is C23H31N3O2. The number of carbonyl (C=O) groups is 2. The number of nitrogens with two attached hydrogens (primary N) is 1. The van der Waals surface area contributed by atoms with Crippen LogP contribution in [0.5, 0.6) is 0 Å². The molecule has 2 amide bonds. The first kappa shape index (κ1) is 21.6. The molecule has 150 valence electrons. The van der Waals surface area contributed by atoms with Crippen molar-refractivity contribution in [1.82, 2.24) is 10.2 Å². The second kappa shape index (κ2) is 9.51. The molecule has 0 aromatic heterocycles. The van der Waals surface area contributed by atoms with Crippen LogP contribution in [0.2, 0.25) is 0 Å². The topological polar surface area (TPSA) is 75.4 Å². The molecule has 1 atom stereocenters. The van der Waals surface area contributed by atoms with Gasteiger partial charge < -0.3 is 16.0 Å². The van der Waals surface area contributed by atoms with Crippen molar-refractivity contribution >= 4 is 11.8 Å². The van der Waals surface area contributed by atoms with Gasteiger partial charge in [0.15, 0.2) is 0 Å². The molecule has 0 aliphatic carbocycles. The second-order valence-corrected chi connectivity index (χ2v) is 8.13. The molecule has 0 bridgehead atoms. The highest BCUT2D eigenvalue weighted by Crippen LogP contribution is 2.21. The quantitative estimate of drug-likeness (QED) is 0.737. The summed E-state index contributed by atoms with van der Waals surface area (Å²) in [6.07, 6.45) is 0.193. The maximum atomic E-state index is 12.8. The van der Waals surface area contributed by atoms with Crippen LogP contribution >= 0.6 is 0 Å². The van der Waals surface area contributed by atoms with Gasteiger partial charge in [0, 0.05) is 19.2 Å². The van der Waals surface area contributed by atoms with Gasteiger partial charge in [0.25, 0.3) is 5.91 Å². The minimum atomic E-state index is -0.397. The Bertz CT molecular complexity index is 785. The van der Waals surface area contributed by atoms with Crippen molar-refractivity contribution < 1.29 is 9.59 Å². The smallest absolute Gasteiger partial charge is 0.251 e. The average molecular weight is 382 g/mol. The van der Waals surface area contributed by atoms with Gasteiger partial charge in [-0.25, -0.2) is 0 Å². The largest absolute Gasteiger partial charge is 0.345 e. The number of nitrogens with one attached hydrogen (secondary N) is 1. The average Bonchev–Trinajstić information content (AvgIpc) is 2.68. The van der Waals surface area contributed by atoms with Crippen LogP contribution in [0, 0.1) is 12.3 Å². The highest BCUT2D eigenvalue weighted by Gasteiger charge is 2.25. The molecule has 3 N–H and O–H groups in total. The summed E-state index contributed by atoms with van der Waals surface area (Å²) in [5.41, 5.74) is 8.22. The number of hydrogen-bond donors (Lipinski definition) is 2. The molecule has 0 saturated heterocycles. The zero-order valence-electron chi connectivity index (χ0n) is 17.2. The lowest BCUT2D eigenvalue weighted by Crippen LogP contribution is -2.41. The van der Waals surface area contributed by atoms with Crippen LogP contribution in [-0.2, 0) is 4.79 Å². The summed E-state index contributed by atoms with van der Waals surface area (Å²) in [6.45, 7) is 7.10. The van der Waals surface area contributed by atoms with Crippen LogP contribution in [0.15, 0.2) is 54.6 Å². The zero-order valence-corrected chi connectivity index (χ0v) is 17.2. The van der Waals surface area contributed by atoms with Gasteiger partial charge >= 0.3 is 0 Å². The highest BCUT2D eigenvalue weighted by atomic mass is 16.2. The van der Waals surface area contributed by atoms with Crippen LogP contribution in [-0.4, -0.2) is 36.9 Å². The highest BCUT2D eigenvalue weighted by molar-refractivity contribution is 5.94. The zero-order chi connectivity index (χ0) is 20.7. The SMILES string of the molecule is Cc1ccc(C(=O)NC(CC(=O)N(C)CC(C)(C)CN)c2ccccc2)cc1. The number of amides is 2. The fourth-order valence-corrected chi connectivity index (χ4v) is 3.01. The molecule has 0 heterocycles. The predicted molar refractivity (Wildman–Crippen MR) is 113 cm³/mol. The van der Waals surface area contributed by atoms with E-state index in [-0.39, 0.29) is 23.7 Å². The maximum Gasteiger partial charge on any atom is 0.251 e. The Hall–Kier alpha value is -2.66. The Kier molecular flexibility index (Phi) is 7.35. The van der Waals surface area contributed by atoms with Gasteiger partial charge in [-0.1, -0.05) is 61.9 Å². The Labute approximate surface area is 167 Å². The second-order valence-electron chi connectivity index (χ2n) is 8.13. The van der Waals surface area contributed by atoms with E-state index in [1.165, 1.54) is 0 Å². The Morgan fingerprint density at radius 2 is 1.68 bits per heavy atom. The van der Waals surface area contributed by atoms with Crippen molar-refractivity contribution in [2.45, 2.75) is 33.2 Å². The minimum absolute atomic E-state index is 0.0282. The van der Waals surface area contributed by atoms with Gasteiger partial charge in [0.1, 0.15) is 0 Å². The summed E-state index contributed by atoms with van der Waals surface area (Å²) in [4.78, 5) is 27.2. The Morgan fingerprint density at radius 1 is 1.07 bits per heavy atom. The molecule has 2 aromatic carbocycles. The van der Waals surface area contributed by atoms with E-state index in [0.717, 1.165) is 11.1 Å². The molecule has 0 aliphatic rings.